The Kier molecular flexibility index (Phi) is 36.7. The van der Waals surface area contributed by atoms with E-state index in [9.17, 15) is 24.2 Å². The van der Waals surface area contributed by atoms with Gasteiger partial charge in [0.2, 0.25) is 0 Å². The molecule has 10 nitrogen and oxygen atoms in total. The van der Waals surface area contributed by atoms with Crippen molar-refractivity contribution in [1.82, 2.24) is 0 Å². The molecular weight excluding hydrogens is 695 g/mol. The highest BCUT2D eigenvalue weighted by Crippen LogP contribution is 2.43. The first-order valence-corrected chi connectivity index (χ1v) is 22.1. The summed E-state index contributed by atoms with van der Waals surface area (Å²) >= 11 is 0. The van der Waals surface area contributed by atoms with Crippen molar-refractivity contribution < 1.29 is 47.8 Å². The molecule has 3 atom stereocenters. The SMILES string of the molecule is CCCCC/C=C/C/C=C/CCCCCCCC(=O)OC[C@H](COP(=O)(O)OCC(O)CO)OC(=O)CCCCCCC/C=C/C/C=C/CCCCC. The zero-order valence-corrected chi connectivity index (χ0v) is 34.1. The lowest BCUT2D eigenvalue weighted by Gasteiger charge is -2.20. The van der Waals surface area contributed by atoms with E-state index < -0.39 is 51.8 Å². The zero-order chi connectivity index (χ0) is 39.1. The van der Waals surface area contributed by atoms with Gasteiger partial charge in [0.1, 0.15) is 12.7 Å². The minimum absolute atomic E-state index is 0.164. The summed E-state index contributed by atoms with van der Waals surface area (Å²) in [5, 5.41) is 18.3. The maximum Gasteiger partial charge on any atom is 0.472 e. The van der Waals surface area contributed by atoms with Gasteiger partial charge in [0.05, 0.1) is 19.8 Å². The third kappa shape index (κ3) is 38.0. The lowest BCUT2D eigenvalue weighted by atomic mass is 10.1. The molecule has 0 saturated carbocycles. The highest BCUT2D eigenvalue weighted by atomic mass is 31.2. The third-order valence-corrected chi connectivity index (χ3v) is 9.41. The van der Waals surface area contributed by atoms with Crippen LogP contribution in [0.2, 0.25) is 0 Å². The Morgan fingerprint density at radius 2 is 0.981 bits per heavy atom. The van der Waals surface area contributed by atoms with Crippen LogP contribution in [0.5, 0.6) is 0 Å². The molecule has 3 N–H and O–H groups in total. The van der Waals surface area contributed by atoms with Crippen molar-refractivity contribution in [3.8, 4) is 0 Å². The van der Waals surface area contributed by atoms with Gasteiger partial charge in [-0.3, -0.25) is 18.6 Å². The third-order valence-electron chi connectivity index (χ3n) is 8.46. The van der Waals surface area contributed by atoms with Crippen LogP contribution in [0, 0.1) is 0 Å². The van der Waals surface area contributed by atoms with Crippen LogP contribution >= 0.6 is 7.82 Å². The smallest absolute Gasteiger partial charge is 0.462 e. The van der Waals surface area contributed by atoms with E-state index in [1.807, 2.05) is 0 Å². The number of esters is 2. The molecule has 0 aliphatic rings. The number of rotatable bonds is 38. The molecule has 0 aromatic heterocycles. The predicted octanol–water partition coefficient (Wildman–Crippen LogP) is 10.6. The van der Waals surface area contributed by atoms with Crippen molar-refractivity contribution >= 4 is 19.8 Å². The van der Waals surface area contributed by atoms with Crippen molar-refractivity contribution in [2.45, 2.75) is 180 Å². The second-order valence-electron chi connectivity index (χ2n) is 13.7. The molecule has 0 heterocycles. The van der Waals surface area contributed by atoms with E-state index >= 15 is 0 Å². The standard InChI is InChI=1S/C42H75O10P/c1-3-5-7-9-11-13-15-17-19-21-23-25-27-29-31-33-41(45)49-37-40(38-51-53(47,48)50-36-39(44)35-43)52-42(46)34-32-30-28-26-24-22-20-18-16-14-12-10-8-6-4-2/h11-14,17-20,39-40,43-44H,3-10,15-16,21-38H2,1-2H3,(H,47,48)/b13-11+,14-12+,19-17+,20-18+/t39?,40-/m1/s1. The van der Waals surface area contributed by atoms with E-state index in [2.05, 4.69) is 67.0 Å². The first kappa shape index (κ1) is 50.9. The fourth-order valence-corrected chi connectivity index (χ4v) is 6.02. The molecule has 11 heteroatoms. The maximum absolute atomic E-state index is 12.6. The summed E-state index contributed by atoms with van der Waals surface area (Å²) in [5.41, 5.74) is 0. The number of aliphatic hydroxyl groups is 2. The van der Waals surface area contributed by atoms with Gasteiger partial charge in [-0.05, 0) is 77.0 Å². The molecule has 2 unspecified atom stereocenters. The lowest BCUT2D eigenvalue weighted by molar-refractivity contribution is -0.161. The number of aliphatic hydroxyl groups excluding tert-OH is 2. The highest BCUT2D eigenvalue weighted by molar-refractivity contribution is 7.47. The van der Waals surface area contributed by atoms with Crippen LogP contribution in [0.25, 0.3) is 0 Å². The van der Waals surface area contributed by atoms with E-state index in [4.69, 9.17) is 19.1 Å². The van der Waals surface area contributed by atoms with Crippen molar-refractivity contribution in [2.24, 2.45) is 0 Å². The van der Waals surface area contributed by atoms with Gasteiger partial charge in [0.15, 0.2) is 6.10 Å². The molecule has 0 amide bonds. The van der Waals surface area contributed by atoms with E-state index in [0.717, 1.165) is 89.9 Å². The quantitative estimate of drug-likeness (QED) is 0.0240. The number of hydrogen-bond acceptors (Lipinski definition) is 9. The molecule has 0 aliphatic heterocycles. The zero-order valence-electron chi connectivity index (χ0n) is 33.2. The van der Waals surface area contributed by atoms with Crippen molar-refractivity contribution in [2.75, 3.05) is 26.4 Å². The van der Waals surface area contributed by atoms with Crippen molar-refractivity contribution in [3.05, 3.63) is 48.6 Å². The number of unbranched alkanes of at least 4 members (excludes halogenated alkanes) is 16. The summed E-state index contributed by atoms with van der Waals surface area (Å²) in [4.78, 5) is 34.9. The van der Waals surface area contributed by atoms with Crippen LogP contribution in [0.3, 0.4) is 0 Å². The Morgan fingerprint density at radius 3 is 1.45 bits per heavy atom. The van der Waals surface area contributed by atoms with E-state index in [1.54, 1.807) is 0 Å². The summed E-state index contributed by atoms with van der Waals surface area (Å²) in [6, 6.07) is 0. The van der Waals surface area contributed by atoms with Gasteiger partial charge < -0.3 is 24.6 Å². The van der Waals surface area contributed by atoms with Crippen LogP contribution in [-0.4, -0.2) is 65.7 Å². The molecule has 0 aromatic rings. The average Bonchev–Trinajstić information content (AvgIpc) is 3.14. The predicted molar refractivity (Wildman–Crippen MR) is 214 cm³/mol. The van der Waals surface area contributed by atoms with Gasteiger partial charge in [-0.15, -0.1) is 0 Å². The normalized spacial score (nSPS) is 14.4. The first-order chi connectivity index (χ1) is 25.7. The number of carbonyl (C=O) groups excluding carboxylic acids is 2. The molecule has 0 spiro atoms. The Hall–Kier alpha value is -2.07. The second kappa shape index (κ2) is 38.2. The molecule has 0 aliphatic carbocycles. The van der Waals surface area contributed by atoms with Crippen LogP contribution in [-0.2, 0) is 32.7 Å². The molecule has 0 radical (unpaired) electrons. The molecular formula is C42H75O10P. The van der Waals surface area contributed by atoms with E-state index in [-0.39, 0.29) is 19.4 Å². The number of phosphoric acid groups is 1. The molecule has 0 aromatic carbocycles. The van der Waals surface area contributed by atoms with Gasteiger partial charge in [-0.2, -0.15) is 0 Å². The average molecular weight is 771 g/mol. The first-order valence-electron chi connectivity index (χ1n) is 20.6. The molecule has 53 heavy (non-hydrogen) atoms. The lowest BCUT2D eigenvalue weighted by Crippen LogP contribution is -2.29. The number of allylic oxidation sites excluding steroid dienone is 8. The monoisotopic (exact) mass is 771 g/mol. The van der Waals surface area contributed by atoms with Crippen LogP contribution < -0.4 is 0 Å². The second-order valence-corrected chi connectivity index (χ2v) is 15.1. The number of carbonyl (C=O) groups is 2. The Balaban J connectivity index is 4.39. The fourth-order valence-electron chi connectivity index (χ4n) is 5.23. The van der Waals surface area contributed by atoms with E-state index in [0.29, 0.717) is 12.8 Å². The summed E-state index contributed by atoms with van der Waals surface area (Å²) < 4.78 is 32.6. The summed E-state index contributed by atoms with van der Waals surface area (Å²) in [7, 11) is -4.62. The number of hydrogen-bond donors (Lipinski definition) is 3. The van der Waals surface area contributed by atoms with E-state index in [1.165, 1.54) is 38.5 Å². The minimum atomic E-state index is -4.62. The fraction of sp³-hybridized carbons (Fsp3) is 0.762. The Bertz CT molecular complexity index is 1030. The topological polar surface area (TPSA) is 149 Å². The highest BCUT2D eigenvalue weighted by Gasteiger charge is 2.27. The van der Waals surface area contributed by atoms with Crippen molar-refractivity contribution in [1.29, 1.82) is 0 Å². The van der Waals surface area contributed by atoms with Crippen LogP contribution in [0.1, 0.15) is 168 Å². The Morgan fingerprint density at radius 1 is 0.566 bits per heavy atom. The molecule has 0 fully saturated rings. The summed E-state index contributed by atoms with van der Waals surface area (Å²) in [6.07, 6.45) is 39.3. The van der Waals surface area contributed by atoms with Gasteiger partial charge in [0.25, 0.3) is 0 Å². The number of phosphoric ester groups is 1. The summed E-state index contributed by atoms with van der Waals surface area (Å²) in [5.74, 6) is -0.960. The molecule has 308 valence electrons. The molecule has 0 rings (SSSR count). The summed E-state index contributed by atoms with van der Waals surface area (Å²) in [6.45, 7) is 2.28. The van der Waals surface area contributed by atoms with Gasteiger partial charge >= 0.3 is 19.8 Å². The molecule has 0 saturated heterocycles. The number of ether oxygens (including phenoxy) is 2. The van der Waals surface area contributed by atoms with Crippen LogP contribution in [0.15, 0.2) is 48.6 Å². The van der Waals surface area contributed by atoms with Gasteiger partial charge in [0, 0.05) is 12.8 Å². The van der Waals surface area contributed by atoms with Crippen LogP contribution in [0.4, 0.5) is 0 Å². The van der Waals surface area contributed by atoms with Gasteiger partial charge in [-0.25, -0.2) is 4.57 Å². The molecule has 0 bridgehead atoms. The van der Waals surface area contributed by atoms with Gasteiger partial charge in [-0.1, -0.05) is 127 Å². The van der Waals surface area contributed by atoms with Crippen molar-refractivity contribution in [3.63, 3.8) is 0 Å². The minimum Gasteiger partial charge on any atom is -0.462 e. The largest absolute Gasteiger partial charge is 0.472 e. The maximum atomic E-state index is 12.6. The Labute approximate surface area is 322 Å².